The molecule has 25 heavy (non-hydrogen) atoms. The number of anilines is 1. The van der Waals surface area contributed by atoms with Crippen molar-refractivity contribution in [3.05, 3.63) is 63.6 Å². The Bertz CT molecular complexity index is 745. The SMILES string of the molecule is CCCCc1ccc(NC(=O)COC(=O)c2cccc(Cl)c2Cl)cc1. The van der Waals surface area contributed by atoms with Crippen molar-refractivity contribution in [1.82, 2.24) is 0 Å². The number of aryl methyl sites for hydroxylation is 1. The lowest BCUT2D eigenvalue weighted by Gasteiger charge is -2.08. The summed E-state index contributed by atoms with van der Waals surface area (Å²) < 4.78 is 4.98. The number of hydrogen-bond donors (Lipinski definition) is 1. The molecule has 0 aliphatic carbocycles. The van der Waals surface area contributed by atoms with E-state index < -0.39 is 18.5 Å². The van der Waals surface area contributed by atoms with Crippen molar-refractivity contribution in [2.75, 3.05) is 11.9 Å². The van der Waals surface area contributed by atoms with Crippen LogP contribution in [0.25, 0.3) is 0 Å². The third kappa shape index (κ3) is 5.76. The van der Waals surface area contributed by atoms with Gasteiger partial charge in [-0.15, -0.1) is 0 Å². The first-order chi connectivity index (χ1) is 12.0. The zero-order chi connectivity index (χ0) is 18.2. The number of hydrogen-bond acceptors (Lipinski definition) is 3. The van der Waals surface area contributed by atoms with Crippen LogP contribution in [0.2, 0.25) is 10.0 Å². The Morgan fingerprint density at radius 3 is 2.48 bits per heavy atom. The first kappa shape index (κ1) is 19.3. The van der Waals surface area contributed by atoms with Gasteiger partial charge in [-0.2, -0.15) is 0 Å². The fourth-order valence-corrected chi connectivity index (χ4v) is 2.58. The van der Waals surface area contributed by atoms with Crippen LogP contribution in [0.1, 0.15) is 35.7 Å². The van der Waals surface area contributed by atoms with Crippen LogP contribution in [0.5, 0.6) is 0 Å². The largest absolute Gasteiger partial charge is 0.452 e. The van der Waals surface area contributed by atoms with E-state index in [1.165, 1.54) is 11.6 Å². The summed E-state index contributed by atoms with van der Waals surface area (Å²) >= 11 is 11.8. The summed E-state index contributed by atoms with van der Waals surface area (Å²) in [6.07, 6.45) is 3.29. The molecule has 0 unspecified atom stereocenters. The zero-order valence-electron chi connectivity index (χ0n) is 13.9. The number of halogens is 2. The fraction of sp³-hybridized carbons (Fsp3) is 0.263. The Hall–Kier alpha value is -2.04. The molecule has 0 saturated heterocycles. The Balaban J connectivity index is 1.86. The van der Waals surface area contributed by atoms with Gasteiger partial charge in [0, 0.05) is 5.69 Å². The van der Waals surface area contributed by atoms with Crippen molar-refractivity contribution in [1.29, 1.82) is 0 Å². The number of benzene rings is 2. The molecule has 0 aromatic heterocycles. The quantitative estimate of drug-likeness (QED) is 0.678. The molecule has 0 aliphatic heterocycles. The Kier molecular flexibility index (Phi) is 7.29. The number of carbonyl (C=O) groups is 2. The van der Waals surface area contributed by atoms with Crippen LogP contribution in [-0.4, -0.2) is 18.5 Å². The summed E-state index contributed by atoms with van der Waals surface area (Å²) in [4.78, 5) is 23.9. The molecule has 0 radical (unpaired) electrons. The normalized spacial score (nSPS) is 10.4. The number of amides is 1. The predicted molar refractivity (Wildman–Crippen MR) is 100 cm³/mol. The van der Waals surface area contributed by atoms with Crippen LogP contribution >= 0.6 is 23.2 Å². The molecular formula is C19H19Cl2NO3. The maximum Gasteiger partial charge on any atom is 0.340 e. The van der Waals surface area contributed by atoms with Gasteiger partial charge in [-0.25, -0.2) is 4.79 Å². The van der Waals surface area contributed by atoms with Gasteiger partial charge in [-0.1, -0.05) is 54.7 Å². The molecule has 1 N–H and O–H groups in total. The molecule has 132 valence electrons. The highest BCUT2D eigenvalue weighted by molar-refractivity contribution is 6.43. The lowest BCUT2D eigenvalue weighted by molar-refractivity contribution is -0.119. The van der Waals surface area contributed by atoms with Gasteiger partial charge in [0.1, 0.15) is 0 Å². The van der Waals surface area contributed by atoms with E-state index in [2.05, 4.69) is 12.2 Å². The molecule has 0 bridgehead atoms. The monoisotopic (exact) mass is 379 g/mol. The smallest absolute Gasteiger partial charge is 0.340 e. The van der Waals surface area contributed by atoms with Gasteiger partial charge in [0.05, 0.1) is 15.6 Å². The second kappa shape index (κ2) is 9.44. The average molecular weight is 380 g/mol. The second-order valence-corrected chi connectivity index (χ2v) is 6.31. The van der Waals surface area contributed by atoms with Gasteiger partial charge < -0.3 is 10.1 Å². The van der Waals surface area contributed by atoms with E-state index in [0.717, 1.165) is 19.3 Å². The summed E-state index contributed by atoms with van der Waals surface area (Å²) in [5.74, 6) is -1.12. The summed E-state index contributed by atoms with van der Waals surface area (Å²) in [5.41, 5.74) is 2.01. The van der Waals surface area contributed by atoms with Crippen molar-refractivity contribution in [2.45, 2.75) is 26.2 Å². The van der Waals surface area contributed by atoms with Gasteiger partial charge in [0.25, 0.3) is 5.91 Å². The summed E-state index contributed by atoms with van der Waals surface area (Å²) in [5, 5.41) is 3.04. The van der Waals surface area contributed by atoms with Crippen LogP contribution in [0.4, 0.5) is 5.69 Å². The lowest BCUT2D eigenvalue weighted by Crippen LogP contribution is -2.21. The second-order valence-electron chi connectivity index (χ2n) is 5.53. The molecule has 1 amide bonds. The van der Waals surface area contributed by atoms with E-state index in [1.807, 2.05) is 24.3 Å². The van der Waals surface area contributed by atoms with Crippen molar-refractivity contribution >= 4 is 40.8 Å². The van der Waals surface area contributed by atoms with Crippen LogP contribution in [-0.2, 0) is 16.0 Å². The Morgan fingerprint density at radius 1 is 1.08 bits per heavy atom. The molecule has 0 spiro atoms. The molecule has 0 aliphatic rings. The van der Waals surface area contributed by atoms with E-state index in [4.69, 9.17) is 27.9 Å². The molecule has 6 heteroatoms. The Labute approximate surface area is 157 Å². The number of ether oxygens (including phenoxy) is 1. The van der Waals surface area contributed by atoms with Gasteiger partial charge in [-0.3, -0.25) is 4.79 Å². The third-order valence-electron chi connectivity index (χ3n) is 3.56. The van der Waals surface area contributed by atoms with Gasteiger partial charge >= 0.3 is 5.97 Å². The maximum atomic E-state index is 12.0. The van der Waals surface area contributed by atoms with Crippen molar-refractivity contribution in [3.63, 3.8) is 0 Å². The molecule has 2 aromatic rings. The minimum atomic E-state index is -0.697. The fourth-order valence-electron chi connectivity index (χ4n) is 2.20. The standard InChI is InChI=1S/C19H19Cl2NO3/c1-2-3-5-13-8-10-14(11-9-13)22-17(23)12-25-19(24)15-6-4-7-16(20)18(15)21/h4,6-11H,2-3,5,12H2,1H3,(H,22,23). The highest BCUT2D eigenvalue weighted by Gasteiger charge is 2.15. The molecule has 0 fully saturated rings. The number of carbonyl (C=O) groups excluding carboxylic acids is 2. The number of unbranched alkanes of at least 4 members (excludes halogenated alkanes) is 1. The molecule has 2 rings (SSSR count). The maximum absolute atomic E-state index is 12.0. The lowest BCUT2D eigenvalue weighted by atomic mass is 10.1. The average Bonchev–Trinajstić information content (AvgIpc) is 2.61. The van der Waals surface area contributed by atoms with Gasteiger partial charge in [0.2, 0.25) is 0 Å². The number of esters is 1. The van der Waals surface area contributed by atoms with E-state index in [9.17, 15) is 9.59 Å². The molecule has 2 aromatic carbocycles. The highest BCUT2D eigenvalue weighted by Crippen LogP contribution is 2.26. The predicted octanol–water partition coefficient (Wildman–Crippen LogP) is 5.13. The van der Waals surface area contributed by atoms with Crippen molar-refractivity contribution in [2.24, 2.45) is 0 Å². The summed E-state index contributed by atoms with van der Waals surface area (Å²) in [7, 11) is 0. The van der Waals surface area contributed by atoms with Crippen LogP contribution in [0.3, 0.4) is 0 Å². The summed E-state index contributed by atoms with van der Waals surface area (Å²) in [6, 6.07) is 12.3. The van der Waals surface area contributed by atoms with E-state index >= 15 is 0 Å². The van der Waals surface area contributed by atoms with Crippen molar-refractivity contribution in [3.8, 4) is 0 Å². The zero-order valence-corrected chi connectivity index (χ0v) is 15.4. The molecule has 4 nitrogen and oxygen atoms in total. The minimum Gasteiger partial charge on any atom is -0.452 e. The van der Waals surface area contributed by atoms with Crippen molar-refractivity contribution < 1.29 is 14.3 Å². The minimum absolute atomic E-state index is 0.109. The molecule has 0 saturated carbocycles. The van der Waals surface area contributed by atoms with Crippen LogP contribution in [0.15, 0.2) is 42.5 Å². The first-order valence-electron chi connectivity index (χ1n) is 8.01. The highest BCUT2D eigenvalue weighted by atomic mass is 35.5. The number of nitrogens with one attached hydrogen (secondary N) is 1. The first-order valence-corrected chi connectivity index (χ1v) is 8.76. The molecule has 0 heterocycles. The Morgan fingerprint density at radius 2 is 1.80 bits per heavy atom. The van der Waals surface area contributed by atoms with Crippen LogP contribution < -0.4 is 5.32 Å². The van der Waals surface area contributed by atoms with E-state index in [0.29, 0.717) is 5.69 Å². The third-order valence-corrected chi connectivity index (χ3v) is 4.38. The molecular weight excluding hydrogens is 361 g/mol. The number of rotatable bonds is 7. The van der Waals surface area contributed by atoms with E-state index in [1.54, 1.807) is 12.1 Å². The summed E-state index contributed by atoms with van der Waals surface area (Å²) in [6.45, 7) is 1.74. The van der Waals surface area contributed by atoms with Gasteiger partial charge in [0.15, 0.2) is 6.61 Å². The topological polar surface area (TPSA) is 55.4 Å². The van der Waals surface area contributed by atoms with Gasteiger partial charge in [-0.05, 0) is 42.7 Å². The van der Waals surface area contributed by atoms with Crippen LogP contribution in [0, 0.1) is 0 Å². The molecule has 0 atom stereocenters. The van der Waals surface area contributed by atoms with E-state index in [-0.39, 0.29) is 15.6 Å².